The zero-order chi connectivity index (χ0) is 14.7. The van der Waals surface area contributed by atoms with E-state index in [-0.39, 0.29) is 18.0 Å². The van der Waals surface area contributed by atoms with Gasteiger partial charge in [0.2, 0.25) is 5.91 Å². The molecule has 2 aromatic rings. The molecule has 0 spiro atoms. The topological polar surface area (TPSA) is 46.3 Å². The molecule has 108 valence electrons. The van der Waals surface area contributed by atoms with Gasteiger partial charge in [-0.15, -0.1) is 0 Å². The largest absolute Gasteiger partial charge is 0.334 e. The van der Waals surface area contributed by atoms with Crippen LogP contribution in [0.1, 0.15) is 36.1 Å². The highest BCUT2D eigenvalue weighted by atomic mass is 16.2. The first-order chi connectivity index (χ1) is 10.3. The van der Waals surface area contributed by atoms with Crippen LogP contribution in [0, 0.1) is 0 Å². The summed E-state index contributed by atoms with van der Waals surface area (Å²) in [6, 6.07) is 20.2. The summed E-state index contributed by atoms with van der Waals surface area (Å²) in [6.07, 6.45) is 1.49. The van der Waals surface area contributed by atoms with Crippen molar-refractivity contribution in [3.8, 4) is 0 Å². The summed E-state index contributed by atoms with van der Waals surface area (Å²) in [7, 11) is 0. The monoisotopic (exact) mass is 280 g/mol. The normalized spacial score (nSPS) is 19.8. The average Bonchev–Trinajstić information content (AvgIpc) is 2.90. The van der Waals surface area contributed by atoms with Crippen LogP contribution in [0.5, 0.6) is 0 Å². The molecule has 2 aromatic carbocycles. The fraction of sp³-hybridized carbons (Fsp3) is 0.278. The maximum absolute atomic E-state index is 12.2. The van der Waals surface area contributed by atoms with Crippen molar-refractivity contribution < 1.29 is 4.79 Å². The number of nitrogens with zero attached hydrogens (tertiary/aromatic N) is 1. The van der Waals surface area contributed by atoms with E-state index in [4.69, 9.17) is 5.73 Å². The zero-order valence-electron chi connectivity index (χ0n) is 12.0. The number of amides is 1. The van der Waals surface area contributed by atoms with Gasteiger partial charge in [0.15, 0.2) is 0 Å². The first-order valence-electron chi connectivity index (χ1n) is 7.40. The summed E-state index contributed by atoms with van der Waals surface area (Å²) in [4.78, 5) is 14.1. The minimum absolute atomic E-state index is 0.139. The highest BCUT2D eigenvalue weighted by molar-refractivity contribution is 5.79. The van der Waals surface area contributed by atoms with Gasteiger partial charge in [-0.3, -0.25) is 4.79 Å². The molecule has 2 atom stereocenters. The SMILES string of the molecule is NC(CN1C(=O)CCC1c1ccccc1)c1ccccc1. The molecule has 3 nitrogen and oxygen atoms in total. The molecule has 0 aromatic heterocycles. The van der Waals surface area contributed by atoms with Gasteiger partial charge in [0, 0.05) is 19.0 Å². The third-order valence-electron chi connectivity index (χ3n) is 4.13. The Morgan fingerprint density at radius 2 is 1.67 bits per heavy atom. The number of hydrogen-bond donors (Lipinski definition) is 1. The van der Waals surface area contributed by atoms with Gasteiger partial charge in [0.05, 0.1) is 6.04 Å². The van der Waals surface area contributed by atoms with Crippen molar-refractivity contribution in [3.63, 3.8) is 0 Å². The molecule has 1 heterocycles. The van der Waals surface area contributed by atoms with E-state index in [9.17, 15) is 4.79 Å². The Balaban J connectivity index is 1.77. The predicted molar refractivity (Wildman–Crippen MR) is 83.5 cm³/mol. The highest BCUT2D eigenvalue weighted by Crippen LogP contribution is 2.33. The number of likely N-dealkylation sites (tertiary alicyclic amines) is 1. The first-order valence-corrected chi connectivity index (χ1v) is 7.40. The van der Waals surface area contributed by atoms with Gasteiger partial charge in [-0.05, 0) is 17.5 Å². The number of carbonyl (C=O) groups is 1. The number of benzene rings is 2. The molecule has 1 fully saturated rings. The lowest BCUT2D eigenvalue weighted by atomic mass is 10.0. The van der Waals surface area contributed by atoms with Crippen LogP contribution in [0.25, 0.3) is 0 Å². The Bertz CT molecular complexity index is 597. The van der Waals surface area contributed by atoms with E-state index >= 15 is 0 Å². The van der Waals surface area contributed by atoms with Gasteiger partial charge in [-0.1, -0.05) is 60.7 Å². The van der Waals surface area contributed by atoms with Gasteiger partial charge >= 0.3 is 0 Å². The number of carbonyl (C=O) groups excluding carboxylic acids is 1. The Morgan fingerprint density at radius 3 is 2.33 bits per heavy atom. The molecule has 3 rings (SSSR count). The van der Waals surface area contributed by atoms with E-state index in [2.05, 4.69) is 12.1 Å². The summed E-state index contributed by atoms with van der Waals surface area (Å²) in [5.41, 5.74) is 8.55. The van der Waals surface area contributed by atoms with E-state index in [1.54, 1.807) is 0 Å². The predicted octanol–water partition coefficient (Wildman–Crippen LogP) is 3.05. The Hall–Kier alpha value is -2.13. The number of hydrogen-bond acceptors (Lipinski definition) is 2. The van der Waals surface area contributed by atoms with Crippen molar-refractivity contribution in [2.75, 3.05) is 6.54 Å². The van der Waals surface area contributed by atoms with Crippen molar-refractivity contribution in [1.29, 1.82) is 0 Å². The molecule has 0 aliphatic carbocycles. The summed E-state index contributed by atoms with van der Waals surface area (Å²) >= 11 is 0. The molecular weight excluding hydrogens is 260 g/mol. The van der Waals surface area contributed by atoms with Crippen LogP contribution >= 0.6 is 0 Å². The van der Waals surface area contributed by atoms with Crippen LogP contribution in [-0.2, 0) is 4.79 Å². The van der Waals surface area contributed by atoms with Crippen molar-refractivity contribution >= 4 is 5.91 Å². The molecule has 2 N–H and O–H groups in total. The zero-order valence-corrected chi connectivity index (χ0v) is 12.0. The quantitative estimate of drug-likeness (QED) is 0.935. The molecule has 2 unspecified atom stereocenters. The summed E-state index contributed by atoms with van der Waals surface area (Å²) in [5, 5.41) is 0. The van der Waals surface area contributed by atoms with Crippen LogP contribution in [0.15, 0.2) is 60.7 Å². The molecule has 1 saturated heterocycles. The second-order valence-electron chi connectivity index (χ2n) is 5.53. The van der Waals surface area contributed by atoms with Crippen LogP contribution in [0.2, 0.25) is 0 Å². The lowest BCUT2D eigenvalue weighted by Gasteiger charge is -2.28. The second-order valence-corrected chi connectivity index (χ2v) is 5.53. The number of rotatable bonds is 4. The van der Waals surface area contributed by atoms with Gasteiger partial charge in [0.25, 0.3) is 0 Å². The lowest BCUT2D eigenvalue weighted by molar-refractivity contribution is -0.129. The van der Waals surface area contributed by atoms with Crippen LogP contribution < -0.4 is 5.73 Å². The summed E-state index contributed by atoms with van der Waals surface area (Å²) in [5.74, 6) is 0.204. The van der Waals surface area contributed by atoms with Gasteiger partial charge < -0.3 is 10.6 Å². The third-order valence-corrected chi connectivity index (χ3v) is 4.13. The molecule has 0 bridgehead atoms. The minimum Gasteiger partial charge on any atom is -0.334 e. The molecule has 1 amide bonds. The highest BCUT2D eigenvalue weighted by Gasteiger charge is 2.32. The molecule has 1 aliphatic rings. The summed E-state index contributed by atoms with van der Waals surface area (Å²) in [6.45, 7) is 0.572. The maximum Gasteiger partial charge on any atom is 0.223 e. The molecule has 1 aliphatic heterocycles. The molecule has 0 saturated carbocycles. The molecule has 0 radical (unpaired) electrons. The van der Waals surface area contributed by atoms with E-state index in [0.29, 0.717) is 13.0 Å². The van der Waals surface area contributed by atoms with Crippen LogP contribution in [0.4, 0.5) is 0 Å². The number of nitrogens with two attached hydrogens (primary N) is 1. The lowest BCUT2D eigenvalue weighted by Crippen LogP contribution is -2.34. The van der Waals surface area contributed by atoms with E-state index in [1.807, 2.05) is 53.4 Å². The van der Waals surface area contributed by atoms with Gasteiger partial charge in [-0.25, -0.2) is 0 Å². The minimum atomic E-state index is -0.139. The Kier molecular flexibility index (Phi) is 4.02. The third kappa shape index (κ3) is 2.98. The van der Waals surface area contributed by atoms with Crippen LogP contribution in [-0.4, -0.2) is 17.4 Å². The Labute approximate surface area is 125 Å². The Morgan fingerprint density at radius 1 is 1.05 bits per heavy atom. The van der Waals surface area contributed by atoms with Crippen molar-refractivity contribution in [2.24, 2.45) is 5.73 Å². The standard InChI is InChI=1S/C18H20N2O/c19-16(14-7-3-1-4-8-14)13-20-17(11-12-18(20)21)15-9-5-2-6-10-15/h1-10,16-17H,11-13,19H2. The van der Waals surface area contributed by atoms with Crippen LogP contribution in [0.3, 0.4) is 0 Å². The van der Waals surface area contributed by atoms with Crippen molar-refractivity contribution in [2.45, 2.75) is 24.9 Å². The smallest absolute Gasteiger partial charge is 0.223 e. The van der Waals surface area contributed by atoms with E-state index in [1.165, 1.54) is 5.56 Å². The first kappa shape index (κ1) is 13.8. The van der Waals surface area contributed by atoms with Crippen molar-refractivity contribution in [1.82, 2.24) is 4.90 Å². The molecule has 3 heteroatoms. The second kappa shape index (κ2) is 6.10. The fourth-order valence-corrected chi connectivity index (χ4v) is 3.00. The van der Waals surface area contributed by atoms with Crippen molar-refractivity contribution in [3.05, 3.63) is 71.8 Å². The average molecular weight is 280 g/mol. The summed E-state index contributed by atoms with van der Waals surface area (Å²) < 4.78 is 0. The van der Waals surface area contributed by atoms with Gasteiger partial charge in [0.1, 0.15) is 0 Å². The maximum atomic E-state index is 12.2. The fourth-order valence-electron chi connectivity index (χ4n) is 3.00. The van der Waals surface area contributed by atoms with E-state index in [0.717, 1.165) is 12.0 Å². The molecule has 21 heavy (non-hydrogen) atoms. The van der Waals surface area contributed by atoms with E-state index < -0.39 is 0 Å². The van der Waals surface area contributed by atoms with Gasteiger partial charge in [-0.2, -0.15) is 0 Å². The molecular formula is C18H20N2O.